The van der Waals surface area contributed by atoms with Gasteiger partial charge < -0.3 is 0 Å². The lowest BCUT2D eigenvalue weighted by atomic mass is 9.87. The van der Waals surface area contributed by atoms with Gasteiger partial charge in [-0.3, -0.25) is 0 Å². The highest BCUT2D eigenvalue weighted by Gasteiger charge is 2.17. The minimum Gasteiger partial charge on any atom is -0.207 e. The first-order valence-corrected chi connectivity index (χ1v) is 9.24. The Hall–Kier alpha value is -1.65. The van der Waals surface area contributed by atoms with Gasteiger partial charge in [0.2, 0.25) is 10.0 Å². The Morgan fingerprint density at radius 2 is 1.57 bits per heavy atom. The Bertz CT molecular complexity index is 785. The van der Waals surface area contributed by atoms with E-state index in [-0.39, 0.29) is 5.41 Å². The summed E-state index contributed by atoms with van der Waals surface area (Å²) in [5.74, 6) is 0. The summed E-state index contributed by atoms with van der Waals surface area (Å²) >= 11 is 0. The normalized spacial score (nSPS) is 12.4. The van der Waals surface area contributed by atoms with E-state index in [1.807, 2.05) is 38.1 Å². The van der Waals surface area contributed by atoms with E-state index in [1.54, 1.807) is 6.07 Å². The number of sulfonamides is 1. The molecule has 2 aromatic rings. The minimum atomic E-state index is -3.50. The van der Waals surface area contributed by atoms with Crippen LogP contribution in [0.4, 0.5) is 0 Å². The molecular weight excluding hydrogens is 306 g/mol. The summed E-state index contributed by atoms with van der Waals surface area (Å²) < 4.78 is 27.7. The van der Waals surface area contributed by atoms with E-state index < -0.39 is 10.0 Å². The van der Waals surface area contributed by atoms with Gasteiger partial charge in [0.05, 0.1) is 4.90 Å². The van der Waals surface area contributed by atoms with E-state index in [9.17, 15) is 8.42 Å². The van der Waals surface area contributed by atoms with Crippen molar-refractivity contribution in [3.05, 3.63) is 64.7 Å². The van der Waals surface area contributed by atoms with Crippen LogP contribution >= 0.6 is 0 Å². The van der Waals surface area contributed by atoms with Gasteiger partial charge in [0.15, 0.2) is 0 Å². The third-order valence-corrected chi connectivity index (χ3v) is 5.46. The monoisotopic (exact) mass is 331 g/mol. The molecule has 0 heterocycles. The van der Waals surface area contributed by atoms with E-state index in [4.69, 9.17) is 0 Å². The Kier molecular flexibility index (Phi) is 4.97. The standard InChI is InChI=1S/C19H25NO2S/c1-14-6-7-15(2)18(12-14)23(21,22)20-13-16-8-10-17(11-9-16)19(3,4)5/h6-12,20H,13H2,1-5H3. The van der Waals surface area contributed by atoms with Crippen LogP contribution in [-0.2, 0) is 22.0 Å². The maximum absolute atomic E-state index is 12.5. The van der Waals surface area contributed by atoms with E-state index in [0.29, 0.717) is 11.4 Å². The highest BCUT2D eigenvalue weighted by molar-refractivity contribution is 7.89. The first-order chi connectivity index (χ1) is 10.6. The highest BCUT2D eigenvalue weighted by Crippen LogP contribution is 2.22. The summed E-state index contributed by atoms with van der Waals surface area (Å²) in [5.41, 5.74) is 3.97. The van der Waals surface area contributed by atoms with E-state index in [1.165, 1.54) is 5.56 Å². The van der Waals surface area contributed by atoms with Crippen LogP contribution < -0.4 is 4.72 Å². The lowest BCUT2D eigenvalue weighted by molar-refractivity contribution is 0.579. The average molecular weight is 331 g/mol. The number of hydrogen-bond donors (Lipinski definition) is 1. The first kappa shape index (κ1) is 17.7. The molecule has 2 rings (SSSR count). The molecule has 0 unspecified atom stereocenters. The van der Waals surface area contributed by atoms with Crippen molar-refractivity contribution in [2.75, 3.05) is 0 Å². The highest BCUT2D eigenvalue weighted by atomic mass is 32.2. The first-order valence-electron chi connectivity index (χ1n) is 7.76. The minimum absolute atomic E-state index is 0.0940. The average Bonchev–Trinajstić information content (AvgIpc) is 2.47. The van der Waals surface area contributed by atoms with Gasteiger partial charge in [0, 0.05) is 6.54 Å². The molecule has 0 amide bonds. The molecule has 0 aliphatic carbocycles. The zero-order chi connectivity index (χ0) is 17.3. The molecule has 3 nitrogen and oxygen atoms in total. The van der Waals surface area contributed by atoms with Crippen LogP contribution in [0.5, 0.6) is 0 Å². The van der Waals surface area contributed by atoms with Crippen LogP contribution in [0.25, 0.3) is 0 Å². The van der Waals surface area contributed by atoms with Gasteiger partial charge >= 0.3 is 0 Å². The predicted molar refractivity (Wildman–Crippen MR) is 95.1 cm³/mol. The smallest absolute Gasteiger partial charge is 0.207 e. The second kappa shape index (κ2) is 6.46. The van der Waals surface area contributed by atoms with Gasteiger partial charge in [-0.2, -0.15) is 0 Å². The summed E-state index contributed by atoms with van der Waals surface area (Å²) in [6.45, 7) is 10.5. The molecule has 0 aliphatic heterocycles. The van der Waals surface area contributed by atoms with Crippen LogP contribution in [0.2, 0.25) is 0 Å². The fourth-order valence-corrected chi connectivity index (χ4v) is 3.72. The van der Waals surface area contributed by atoms with Crippen LogP contribution in [0.3, 0.4) is 0 Å². The molecule has 0 spiro atoms. The van der Waals surface area contributed by atoms with Crippen molar-refractivity contribution in [2.45, 2.75) is 51.5 Å². The number of hydrogen-bond acceptors (Lipinski definition) is 2. The third kappa shape index (κ3) is 4.43. The Morgan fingerprint density at radius 1 is 0.957 bits per heavy atom. The van der Waals surface area contributed by atoms with E-state index in [2.05, 4.69) is 37.6 Å². The van der Waals surface area contributed by atoms with Gasteiger partial charge in [-0.05, 0) is 47.6 Å². The van der Waals surface area contributed by atoms with Crippen LogP contribution in [-0.4, -0.2) is 8.42 Å². The molecule has 4 heteroatoms. The van der Waals surface area contributed by atoms with Crippen LogP contribution in [0.1, 0.15) is 43.0 Å². The van der Waals surface area contributed by atoms with Crippen molar-refractivity contribution in [3.8, 4) is 0 Å². The Morgan fingerprint density at radius 3 is 2.13 bits per heavy atom. The molecule has 0 atom stereocenters. The molecule has 0 aliphatic rings. The zero-order valence-electron chi connectivity index (χ0n) is 14.5. The van der Waals surface area contributed by atoms with Crippen molar-refractivity contribution in [1.29, 1.82) is 0 Å². The Labute approximate surface area is 139 Å². The van der Waals surface area contributed by atoms with Crippen LogP contribution in [0, 0.1) is 13.8 Å². The topological polar surface area (TPSA) is 46.2 Å². The molecule has 0 radical (unpaired) electrons. The van der Waals surface area contributed by atoms with Crippen molar-refractivity contribution in [2.24, 2.45) is 0 Å². The number of aryl methyl sites for hydroxylation is 2. The largest absolute Gasteiger partial charge is 0.241 e. The molecule has 0 saturated heterocycles. The van der Waals surface area contributed by atoms with Crippen molar-refractivity contribution < 1.29 is 8.42 Å². The summed E-state index contributed by atoms with van der Waals surface area (Å²) in [4.78, 5) is 0.351. The third-order valence-electron chi connectivity index (χ3n) is 3.92. The molecule has 1 N–H and O–H groups in total. The molecule has 2 aromatic carbocycles. The van der Waals surface area contributed by atoms with Gasteiger partial charge in [0.25, 0.3) is 0 Å². The van der Waals surface area contributed by atoms with Crippen LogP contribution in [0.15, 0.2) is 47.4 Å². The summed E-state index contributed by atoms with van der Waals surface area (Å²) in [6, 6.07) is 13.5. The van der Waals surface area contributed by atoms with E-state index >= 15 is 0 Å². The molecule has 0 bridgehead atoms. The predicted octanol–water partition coefficient (Wildman–Crippen LogP) is 4.08. The summed E-state index contributed by atoms with van der Waals surface area (Å²) in [5, 5.41) is 0. The molecule has 124 valence electrons. The molecule has 0 fully saturated rings. The maximum atomic E-state index is 12.5. The van der Waals surface area contributed by atoms with Gasteiger partial charge in [-0.25, -0.2) is 13.1 Å². The molecule has 23 heavy (non-hydrogen) atoms. The molecular formula is C19H25NO2S. The van der Waals surface area contributed by atoms with Gasteiger partial charge in [-0.1, -0.05) is 57.2 Å². The fraction of sp³-hybridized carbons (Fsp3) is 0.368. The van der Waals surface area contributed by atoms with Crippen molar-refractivity contribution in [3.63, 3.8) is 0 Å². The van der Waals surface area contributed by atoms with Crippen molar-refractivity contribution >= 4 is 10.0 Å². The number of nitrogens with one attached hydrogen (secondary N) is 1. The quantitative estimate of drug-likeness (QED) is 0.917. The summed E-state index contributed by atoms with van der Waals surface area (Å²) in [7, 11) is -3.50. The summed E-state index contributed by atoms with van der Waals surface area (Å²) in [6.07, 6.45) is 0. The second-order valence-electron chi connectivity index (χ2n) is 7.04. The molecule has 0 aromatic heterocycles. The van der Waals surface area contributed by atoms with Gasteiger partial charge in [-0.15, -0.1) is 0 Å². The fourth-order valence-electron chi connectivity index (χ4n) is 2.38. The number of benzene rings is 2. The maximum Gasteiger partial charge on any atom is 0.241 e. The number of rotatable bonds is 4. The second-order valence-corrected chi connectivity index (χ2v) is 8.78. The zero-order valence-corrected chi connectivity index (χ0v) is 15.3. The van der Waals surface area contributed by atoms with E-state index in [0.717, 1.165) is 16.7 Å². The molecule has 0 saturated carbocycles. The Balaban J connectivity index is 2.15. The SMILES string of the molecule is Cc1ccc(C)c(S(=O)(=O)NCc2ccc(C(C)(C)C)cc2)c1. The lowest BCUT2D eigenvalue weighted by Crippen LogP contribution is -2.24. The lowest BCUT2D eigenvalue weighted by Gasteiger charge is -2.19. The van der Waals surface area contributed by atoms with Crippen molar-refractivity contribution in [1.82, 2.24) is 4.72 Å². The van der Waals surface area contributed by atoms with Gasteiger partial charge in [0.1, 0.15) is 0 Å².